The molecule has 0 unspecified atom stereocenters. The number of hydrogen-bond donors (Lipinski definition) is 1. The first-order valence-corrected chi connectivity index (χ1v) is 6.56. The van der Waals surface area contributed by atoms with Crippen LogP contribution in [-0.2, 0) is 15.4 Å². The molecular formula is C11H15NO3S. The molecule has 0 aromatic heterocycles. The van der Waals surface area contributed by atoms with Crippen molar-refractivity contribution >= 4 is 10.0 Å². The molecule has 5 heteroatoms. The van der Waals surface area contributed by atoms with E-state index in [0.717, 1.165) is 5.56 Å². The van der Waals surface area contributed by atoms with Crippen LogP contribution < -0.4 is 9.46 Å². The molecule has 16 heavy (non-hydrogen) atoms. The van der Waals surface area contributed by atoms with Gasteiger partial charge in [-0.3, -0.25) is 0 Å². The predicted molar refractivity (Wildman–Crippen MR) is 61.0 cm³/mol. The predicted octanol–water partition coefficient (Wildman–Crippen LogP) is 1.61. The molecule has 1 aliphatic rings. The zero-order chi connectivity index (χ0) is 12.0. The Hall–Kier alpha value is -1.07. The maximum absolute atomic E-state index is 11.6. The van der Waals surface area contributed by atoms with Crippen LogP contribution in [0.1, 0.15) is 26.3 Å². The van der Waals surface area contributed by atoms with Crippen LogP contribution in [0.4, 0.5) is 0 Å². The van der Waals surface area contributed by atoms with Gasteiger partial charge in [-0.2, -0.15) is 4.72 Å². The summed E-state index contributed by atoms with van der Waals surface area (Å²) in [6.45, 7) is 6.22. The maximum Gasteiger partial charge on any atom is 0.247 e. The Morgan fingerprint density at radius 2 is 2.00 bits per heavy atom. The number of sulfonamides is 1. The molecule has 1 aliphatic heterocycles. The maximum atomic E-state index is 11.6. The van der Waals surface area contributed by atoms with Crippen molar-refractivity contribution in [3.05, 3.63) is 23.8 Å². The van der Waals surface area contributed by atoms with E-state index in [1.54, 1.807) is 12.1 Å². The molecule has 88 valence electrons. The van der Waals surface area contributed by atoms with Crippen molar-refractivity contribution in [2.24, 2.45) is 0 Å². The second kappa shape index (κ2) is 3.46. The SMILES string of the molecule is CC(C)(C)c1ccc2c(c1)OCNS2(=O)=O. The van der Waals surface area contributed by atoms with Crippen molar-refractivity contribution < 1.29 is 13.2 Å². The number of rotatable bonds is 0. The van der Waals surface area contributed by atoms with Crippen molar-refractivity contribution in [1.29, 1.82) is 0 Å². The van der Waals surface area contributed by atoms with Crippen LogP contribution in [0.2, 0.25) is 0 Å². The molecule has 0 saturated heterocycles. The number of hydrogen-bond acceptors (Lipinski definition) is 3. The molecule has 1 heterocycles. The number of nitrogens with one attached hydrogen (secondary N) is 1. The summed E-state index contributed by atoms with van der Waals surface area (Å²) in [7, 11) is -3.38. The smallest absolute Gasteiger partial charge is 0.247 e. The van der Waals surface area contributed by atoms with E-state index in [1.165, 1.54) is 0 Å². The van der Waals surface area contributed by atoms with E-state index in [9.17, 15) is 8.42 Å². The van der Waals surface area contributed by atoms with Crippen LogP contribution in [0.25, 0.3) is 0 Å². The average molecular weight is 241 g/mol. The standard InChI is InChI=1S/C11H15NO3S/c1-11(2,3)8-4-5-10-9(6-8)15-7-12-16(10,13)14/h4-6,12H,7H2,1-3H3. The number of fused-ring (bicyclic) bond motifs is 1. The third kappa shape index (κ3) is 1.92. The van der Waals surface area contributed by atoms with E-state index in [0.29, 0.717) is 5.75 Å². The van der Waals surface area contributed by atoms with E-state index < -0.39 is 10.0 Å². The van der Waals surface area contributed by atoms with Crippen molar-refractivity contribution in [2.75, 3.05) is 6.73 Å². The van der Waals surface area contributed by atoms with Crippen molar-refractivity contribution in [3.63, 3.8) is 0 Å². The van der Waals surface area contributed by atoms with E-state index >= 15 is 0 Å². The fraction of sp³-hybridized carbons (Fsp3) is 0.455. The van der Waals surface area contributed by atoms with Crippen LogP contribution in [-0.4, -0.2) is 15.1 Å². The summed E-state index contributed by atoms with van der Waals surface area (Å²) >= 11 is 0. The molecule has 0 saturated carbocycles. The minimum atomic E-state index is -3.38. The highest BCUT2D eigenvalue weighted by Crippen LogP contribution is 2.32. The lowest BCUT2D eigenvalue weighted by Gasteiger charge is -2.23. The van der Waals surface area contributed by atoms with Gasteiger partial charge in [-0.15, -0.1) is 0 Å². The molecule has 1 aromatic carbocycles. The summed E-state index contributed by atoms with van der Waals surface area (Å²) < 4.78 is 30.9. The molecule has 0 amide bonds. The third-order valence-electron chi connectivity index (χ3n) is 2.58. The first-order valence-electron chi connectivity index (χ1n) is 5.08. The Kier molecular flexibility index (Phi) is 2.47. The third-order valence-corrected chi connectivity index (χ3v) is 3.99. The largest absolute Gasteiger partial charge is 0.476 e. The first kappa shape index (κ1) is 11.4. The Morgan fingerprint density at radius 1 is 1.31 bits per heavy atom. The van der Waals surface area contributed by atoms with Gasteiger partial charge in [-0.1, -0.05) is 26.8 Å². The Balaban J connectivity index is 2.57. The molecule has 4 nitrogen and oxygen atoms in total. The minimum Gasteiger partial charge on any atom is -0.476 e. The van der Waals surface area contributed by atoms with Gasteiger partial charge in [0.2, 0.25) is 10.0 Å². The topological polar surface area (TPSA) is 55.4 Å². The molecule has 0 spiro atoms. The molecule has 2 rings (SSSR count). The molecule has 0 atom stereocenters. The molecule has 0 radical (unpaired) electrons. The number of benzene rings is 1. The van der Waals surface area contributed by atoms with Gasteiger partial charge in [0.1, 0.15) is 10.6 Å². The second-order valence-corrected chi connectivity index (χ2v) is 6.58. The summed E-state index contributed by atoms with van der Waals surface area (Å²) in [5, 5.41) is 0. The fourth-order valence-electron chi connectivity index (χ4n) is 1.57. The van der Waals surface area contributed by atoms with Crippen LogP contribution in [0.3, 0.4) is 0 Å². The zero-order valence-electron chi connectivity index (χ0n) is 9.57. The van der Waals surface area contributed by atoms with Crippen LogP contribution in [0.5, 0.6) is 5.75 Å². The first-order chi connectivity index (χ1) is 7.31. The summed E-state index contributed by atoms with van der Waals surface area (Å²) in [6, 6.07) is 5.22. The van der Waals surface area contributed by atoms with Crippen molar-refractivity contribution in [3.8, 4) is 5.75 Å². The quantitative estimate of drug-likeness (QED) is 0.750. The van der Waals surface area contributed by atoms with E-state index in [-0.39, 0.29) is 17.0 Å². The van der Waals surface area contributed by atoms with Gasteiger partial charge >= 0.3 is 0 Å². The van der Waals surface area contributed by atoms with Crippen molar-refractivity contribution in [2.45, 2.75) is 31.1 Å². The lowest BCUT2D eigenvalue weighted by Crippen LogP contribution is -2.33. The van der Waals surface area contributed by atoms with Crippen LogP contribution in [0.15, 0.2) is 23.1 Å². The summed E-state index contributed by atoms with van der Waals surface area (Å²) in [5.41, 5.74) is 1.04. The Bertz CT molecular complexity index is 515. The van der Waals surface area contributed by atoms with Crippen LogP contribution >= 0.6 is 0 Å². The summed E-state index contributed by atoms with van der Waals surface area (Å²) in [5.74, 6) is 0.436. The highest BCUT2D eigenvalue weighted by atomic mass is 32.2. The molecular weight excluding hydrogens is 226 g/mol. The highest BCUT2D eigenvalue weighted by molar-refractivity contribution is 7.89. The van der Waals surface area contributed by atoms with Gasteiger partial charge < -0.3 is 4.74 Å². The van der Waals surface area contributed by atoms with E-state index in [1.807, 2.05) is 6.07 Å². The summed E-state index contributed by atoms with van der Waals surface area (Å²) in [6.07, 6.45) is 0. The lowest BCUT2D eigenvalue weighted by molar-refractivity contribution is 0.290. The zero-order valence-corrected chi connectivity index (χ0v) is 10.4. The normalized spacial score (nSPS) is 18.7. The van der Waals surface area contributed by atoms with Crippen LogP contribution in [0, 0.1) is 0 Å². The van der Waals surface area contributed by atoms with Crippen molar-refractivity contribution in [1.82, 2.24) is 4.72 Å². The Morgan fingerprint density at radius 3 is 2.62 bits per heavy atom. The molecule has 0 aliphatic carbocycles. The summed E-state index contributed by atoms with van der Waals surface area (Å²) in [4.78, 5) is 0.215. The van der Waals surface area contributed by atoms with Gasteiger partial charge in [0, 0.05) is 0 Å². The van der Waals surface area contributed by atoms with E-state index in [4.69, 9.17) is 4.74 Å². The van der Waals surface area contributed by atoms with Gasteiger partial charge in [0.25, 0.3) is 0 Å². The second-order valence-electron chi connectivity index (χ2n) is 4.85. The molecule has 0 bridgehead atoms. The van der Waals surface area contributed by atoms with Gasteiger partial charge in [-0.25, -0.2) is 8.42 Å². The average Bonchev–Trinajstić information content (AvgIpc) is 2.15. The van der Waals surface area contributed by atoms with E-state index in [2.05, 4.69) is 25.5 Å². The fourth-order valence-corrected chi connectivity index (χ4v) is 2.57. The molecule has 0 fully saturated rings. The monoisotopic (exact) mass is 241 g/mol. The number of ether oxygens (including phenoxy) is 1. The minimum absolute atomic E-state index is 0.00291. The molecule has 1 aromatic rings. The van der Waals surface area contributed by atoms with Gasteiger partial charge in [-0.05, 0) is 23.1 Å². The highest BCUT2D eigenvalue weighted by Gasteiger charge is 2.26. The Labute approximate surface area is 95.7 Å². The molecule has 1 N–H and O–H groups in total. The lowest BCUT2D eigenvalue weighted by atomic mass is 9.87. The van der Waals surface area contributed by atoms with Gasteiger partial charge in [0.05, 0.1) is 0 Å². The van der Waals surface area contributed by atoms with Gasteiger partial charge in [0.15, 0.2) is 6.73 Å².